The van der Waals surface area contributed by atoms with E-state index in [-0.39, 0.29) is 11.7 Å². The molecule has 0 aliphatic rings. The number of fused-ring (bicyclic) bond motifs is 1. The van der Waals surface area contributed by atoms with Crippen LogP contribution in [0, 0.1) is 0 Å². The Balaban J connectivity index is 2.26. The number of carboxylic acid groups (broad SMARTS) is 1. The van der Waals surface area contributed by atoms with Gasteiger partial charge in [0.15, 0.2) is 0 Å². The lowest BCUT2D eigenvalue weighted by Gasteiger charge is -2.05. The van der Waals surface area contributed by atoms with E-state index in [9.17, 15) is 9.90 Å². The van der Waals surface area contributed by atoms with Crippen LogP contribution in [0.1, 0.15) is 35.9 Å². The Morgan fingerprint density at radius 3 is 2.38 bits per heavy atom. The van der Waals surface area contributed by atoms with E-state index < -0.39 is 5.97 Å². The van der Waals surface area contributed by atoms with Gasteiger partial charge in [0.1, 0.15) is 5.58 Å². The highest BCUT2D eigenvalue weighted by atomic mass is 16.4. The molecule has 106 valence electrons. The van der Waals surface area contributed by atoms with Crippen LogP contribution in [0.2, 0.25) is 0 Å². The SMILES string of the molecule is CC(C)c1c(C(=O)O)oc2ccc(-c3ccccc3)cc12. The van der Waals surface area contributed by atoms with Gasteiger partial charge in [-0.05, 0) is 29.2 Å². The molecule has 0 radical (unpaired) electrons. The maximum atomic E-state index is 11.4. The average molecular weight is 280 g/mol. The Morgan fingerprint density at radius 2 is 1.76 bits per heavy atom. The fraction of sp³-hybridized carbons (Fsp3) is 0.167. The monoisotopic (exact) mass is 280 g/mol. The molecule has 2 aromatic carbocycles. The molecule has 0 atom stereocenters. The van der Waals surface area contributed by atoms with E-state index in [1.807, 2.05) is 62.4 Å². The van der Waals surface area contributed by atoms with E-state index >= 15 is 0 Å². The summed E-state index contributed by atoms with van der Waals surface area (Å²) in [4.78, 5) is 11.4. The van der Waals surface area contributed by atoms with Gasteiger partial charge in [0.25, 0.3) is 0 Å². The zero-order valence-corrected chi connectivity index (χ0v) is 12.0. The van der Waals surface area contributed by atoms with Crippen LogP contribution in [0.15, 0.2) is 52.9 Å². The largest absolute Gasteiger partial charge is 0.475 e. The third kappa shape index (κ3) is 2.31. The molecule has 1 aromatic heterocycles. The highest BCUT2D eigenvalue weighted by Gasteiger charge is 2.22. The summed E-state index contributed by atoms with van der Waals surface area (Å²) in [6.45, 7) is 3.96. The number of benzene rings is 2. The molecule has 0 aliphatic carbocycles. The van der Waals surface area contributed by atoms with Gasteiger partial charge in [0.2, 0.25) is 5.76 Å². The van der Waals surface area contributed by atoms with Crippen LogP contribution in [0.25, 0.3) is 22.1 Å². The molecular weight excluding hydrogens is 264 g/mol. The normalized spacial score (nSPS) is 11.2. The molecule has 0 amide bonds. The first-order valence-corrected chi connectivity index (χ1v) is 6.93. The first-order chi connectivity index (χ1) is 10.1. The molecule has 21 heavy (non-hydrogen) atoms. The molecule has 0 saturated carbocycles. The number of rotatable bonds is 3. The summed E-state index contributed by atoms with van der Waals surface area (Å²) in [5.74, 6) is -0.884. The average Bonchev–Trinajstić information content (AvgIpc) is 2.87. The first kappa shape index (κ1) is 13.4. The number of hydrogen-bond donors (Lipinski definition) is 1. The minimum atomic E-state index is -1.02. The van der Waals surface area contributed by atoms with E-state index in [1.165, 1.54) is 0 Å². The van der Waals surface area contributed by atoms with Gasteiger partial charge in [0.05, 0.1) is 0 Å². The lowest BCUT2D eigenvalue weighted by Crippen LogP contribution is -2.00. The van der Waals surface area contributed by atoms with Gasteiger partial charge in [0, 0.05) is 10.9 Å². The topological polar surface area (TPSA) is 50.4 Å². The molecule has 0 fully saturated rings. The van der Waals surface area contributed by atoms with Crippen molar-refractivity contribution in [1.82, 2.24) is 0 Å². The smallest absolute Gasteiger partial charge is 0.372 e. The minimum Gasteiger partial charge on any atom is -0.475 e. The van der Waals surface area contributed by atoms with Crippen molar-refractivity contribution in [2.75, 3.05) is 0 Å². The molecule has 3 aromatic rings. The molecule has 3 rings (SSSR count). The quantitative estimate of drug-likeness (QED) is 0.740. The van der Waals surface area contributed by atoms with Gasteiger partial charge >= 0.3 is 5.97 Å². The Hall–Kier alpha value is -2.55. The zero-order valence-electron chi connectivity index (χ0n) is 12.0. The number of carboxylic acids is 1. The van der Waals surface area contributed by atoms with Gasteiger partial charge in [-0.3, -0.25) is 0 Å². The Kier molecular flexibility index (Phi) is 3.26. The summed E-state index contributed by atoms with van der Waals surface area (Å²) in [5.41, 5.74) is 3.54. The van der Waals surface area contributed by atoms with Crippen molar-refractivity contribution in [1.29, 1.82) is 0 Å². The summed E-state index contributed by atoms with van der Waals surface area (Å²) in [5, 5.41) is 10.2. The summed E-state index contributed by atoms with van der Waals surface area (Å²) >= 11 is 0. The van der Waals surface area contributed by atoms with Gasteiger partial charge in [-0.1, -0.05) is 50.2 Å². The van der Waals surface area contributed by atoms with Crippen LogP contribution >= 0.6 is 0 Å². The first-order valence-electron chi connectivity index (χ1n) is 6.93. The maximum Gasteiger partial charge on any atom is 0.372 e. The molecular formula is C18H16O3. The second kappa shape index (κ2) is 5.09. The molecule has 0 unspecified atom stereocenters. The van der Waals surface area contributed by atoms with Gasteiger partial charge in [-0.25, -0.2) is 4.79 Å². The molecule has 3 nitrogen and oxygen atoms in total. The summed E-state index contributed by atoms with van der Waals surface area (Å²) in [6.07, 6.45) is 0. The van der Waals surface area contributed by atoms with E-state index in [2.05, 4.69) is 0 Å². The van der Waals surface area contributed by atoms with E-state index in [0.29, 0.717) is 5.58 Å². The zero-order chi connectivity index (χ0) is 15.0. The summed E-state index contributed by atoms with van der Waals surface area (Å²) < 4.78 is 5.51. The van der Waals surface area contributed by atoms with Crippen LogP contribution in [-0.4, -0.2) is 11.1 Å². The third-order valence-electron chi connectivity index (χ3n) is 3.61. The minimum absolute atomic E-state index is 0.0465. The van der Waals surface area contributed by atoms with Crippen LogP contribution < -0.4 is 0 Å². The molecule has 0 aliphatic heterocycles. The fourth-order valence-electron chi connectivity index (χ4n) is 2.66. The van der Waals surface area contributed by atoms with Crippen molar-refractivity contribution in [3.8, 4) is 11.1 Å². The van der Waals surface area contributed by atoms with Crippen molar-refractivity contribution in [3.63, 3.8) is 0 Å². The van der Waals surface area contributed by atoms with Crippen molar-refractivity contribution >= 4 is 16.9 Å². The van der Waals surface area contributed by atoms with Crippen LogP contribution in [-0.2, 0) is 0 Å². The van der Waals surface area contributed by atoms with Gasteiger partial charge in [-0.15, -0.1) is 0 Å². The predicted molar refractivity (Wildman–Crippen MR) is 82.7 cm³/mol. The van der Waals surface area contributed by atoms with E-state index in [0.717, 1.165) is 22.1 Å². The lowest BCUT2D eigenvalue weighted by molar-refractivity contribution is 0.0663. The van der Waals surface area contributed by atoms with Crippen molar-refractivity contribution < 1.29 is 14.3 Å². The summed E-state index contributed by atoms with van der Waals surface area (Å²) in [7, 11) is 0. The highest BCUT2D eigenvalue weighted by molar-refractivity contribution is 5.97. The third-order valence-corrected chi connectivity index (χ3v) is 3.61. The molecule has 1 heterocycles. The van der Waals surface area contributed by atoms with Crippen molar-refractivity contribution in [3.05, 3.63) is 59.9 Å². The van der Waals surface area contributed by atoms with Crippen LogP contribution in [0.3, 0.4) is 0 Å². The molecule has 0 spiro atoms. The Bertz CT molecular complexity index is 798. The Labute approximate surface area is 122 Å². The maximum absolute atomic E-state index is 11.4. The fourth-order valence-corrected chi connectivity index (χ4v) is 2.66. The second-order valence-electron chi connectivity index (χ2n) is 5.38. The summed E-state index contributed by atoms with van der Waals surface area (Å²) in [6, 6.07) is 15.8. The van der Waals surface area contributed by atoms with Crippen LogP contribution in [0.5, 0.6) is 0 Å². The molecule has 1 N–H and O–H groups in total. The molecule has 0 saturated heterocycles. The Morgan fingerprint density at radius 1 is 1.05 bits per heavy atom. The highest BCUT2D eigenvalue weighted by Crippen LogP contribution is 2.34. The van der Waals surface area contributed by atoms with Crippen molar-refractivity contribution in [2.45, 2.75) is 19.8 Å². The van der Waals surface area contributed by atoms with Gasteiger partial charge in [-0.2, -0.15) is 0 Å². The van der Waals surface area contributed by atoms with E-state index in [4.69, 9.17) is 4.42 Å². The number of carbonyl (C=O) groups is 1. The van der Waals surface area contributed by atoms with Crippen molar-refractivity contribution in [2.24, 2.45) is 0 Å². The standard InChI is InChI=1S/C18H16O3/c1-11(2)16-14-10-13(12-6-4-3-5-7-12)8-9-15(14)21-17(16)18(19)20/h3-11H,1-2H3,(H,19,20). The van der Waals surface area contributed by atoms with Crippen LogP contribution in [0.4, 0.5) is 0 Å². The predicted octanol–water partition coefficient (Wildman–Crippen LogP) is 4.92. The van der Waals surface area contributed by atoms with Gasteiger partial charge < -0.3 is 9.52 Å². The lowest BCUT2D eigenvalue weighted by atomic mass is 9.96. The second-order valence-corrected chi connectivity index (χ2v) is 5.38. The number of furan rings is 1. The number of aromatic carboxylic acids is 1. The molecule has 3 heteroatoms. The molecule has 0 bridgehead atoms. The number of hydrogen-bond acceptors (Lipinski definition) is 2. The van der Waals surface area contributed by atoms with E-state index in [1.54, 1.807) is 0 Å².